The summed E-state index contributed by atoms with van der Waals surface area (Å²) in [6, 6.07) is 1.70. The van der Waals surface area contributed by atoms with Crippen LogP contribution in [-0.4, -0.2) is 32.8 Å². The number of nitrogens with one attached hydrogen (secondary N) is 1. The quantitative estimate of drug-likeness (QED) is 0.547. The molecule has 0 aliphatic heterocycles. The molecule has 1 fully saturated rings. The van der Waals surface area contributed by atoms with Gasteiger partial charge in [-0.15, -0.1) is 0 Å². The molecule has 5 heteroatoms. The summed E-state index contributed by atoms with van der Waals surface area (Å²) < 4.78 is 15.4. The van der Waals surface area contributed by atoms with Crippen molar-refractivity contribution < 1.29 is 18.7 Å². The summed E-state index contributed by atoms with van der Waals surface area (Å²) in [5.41, 5.74) is 0.451. The molecule has 2 rings (SSSR count). The number of esters is 1. The van der Waals surface area contributed by atoms with Gasteiger partial charge in [0.05, 0.1) is 19.2 Å². The lowest BCUT2D eigenvalue weighted by molar-refractivity contribution is 0.0600. The van der Waals surface area contributed by atoms with Gasteiger partial charge in [-0.05, 0) is 37.8 Å². The molecule has 0 radical (unpaired) electrons. The molecule has 1 N–H and O–H groups in total. The van der Waals surface area contributed by atoms with E-state index in [1.54, 1.807) is 6.07 Å². The fourth-order valence-corrected chi connectivity index (χ4v) is 1.74. The number of rotatable bonds is 9. The van der Waals surface area contributed by atoms with Crippen LogP contribution in [0, 0.1) is 5.92 Å². The number of ether oxygens (including phenoxy) is 2. The average molecular weight is 267 g/mol. The molecular formula is C14H21NO4. The third-order valence-electron chi connectivity index (χ3n) is 3.07. The Hall–Kier alpha value is -1.33. The maximum atomic E-state index is 11.2. The minimum absolute atomic E-state index is 0.372. The summed E-state index contributed by atoms with van der Waals surface area (Å²) >= 11 is 0. The minimum Gasteiger partial charge on any atom is -0.467 e. The van der Waals surface area contributed by atoms with Crippen LogP contribution in [0.1, 0.15) is 35.4 Å². The smallest absolute Gasteiger partial charge is 0.341 e. The predicted octanol–water partition coefficient (Wildman–Crippen LogP) is 1.97. The lowest BCUT2D eigenvalue weighted by Crippen LogP contribution is -2.16. The molecule has 1 aliphatic carbocycles. The molecular weight excluding hydrogens is 246 g/mol. The van der Waals surface area contributed by atoms with Crippen LogP contribution in [0.25, 0.3) is 0 Å². The largest absolute Gasteiger partial charge is 0.467 e. The van der Waals surface area contributed by atoms with Gasteiger partial charge in [0.25, 0.3) is 0 Å². The van der Waals surface area contributed by atoms with Gasteiger partial charge in [-0.3, -0.25) is 0 Å². The maximum absolute atomic E-state index is 11.2. The van der Waals surface area contributed by atoms with E-state index in [1.807, 2.05) is 0 Å². The van der Waals surface area contributed by atoms with Crippen LogP contribution in [0.5, 0.6) is 0 Å². The van der Waals surface area contributed by atoms with E-state index in [0.29, 0.717) is 12.1 Å². The molecule has 0 amide bonds. The summed E-state index contributed by atoms with van der Waals surface area (Å²) in [6.07, 6.45) is 5.07. The first-order chi connectivity index (χ1) is 9.29. The topological polar surface area (TPSA) is 60.7 Å². The summed E-state index contributed by atoms with van der Waals surface area (Å²) in [5.74, 6) is 1.19. The second-order valence-corrected chi connectivity index (χ2v) is 4.84. The van der Waals surface area contributed by atoms with E-state index >= 15 is 0 Å². The van der Waals surface area contributed by atoms with Crippen molar-refractivity contribution in [3.63, 3.8) is 0 Å². The van der Waals surface area contributed by atoms with Gasteiger partial charge in [0.2, 0.25) is 0 Å². The zero-order valence-electron chi connectivity index (χ0n) is 11.3. The van der Waals surface area contributed by atoms with Crippen LogP contribution in [0.2, 0.25) is 0 Å². The van der Waals surface area contributed by atoms with E-state index in [9.17, 15) is 4.79 Å². The highest BCUT2D eigenvalue weighted by atomic mass is 16.5. The van der Waals surface area contributed by atoms with Crippen LogP contribution >= 0.6 is 0 Å². The van der Waals surface area contributed by atoms with Crippen molar-refractivity contribution in [2.24, 2.45) is 5.92 Å². The number of hydrogen-bond donors (Lipinski definition) is 1. The average Bonchev–Trinajstić information content (AvgIpc) is 3.13. The zero-order valence-corrected chi connectivity index (χ0v) is 11.3. The Morgan fingerprint density at radius 3 is 3.11 bits per heavy atom. The normalized spacial score (nSPS) is 14.6. The molecule has 0 spiro atoms. The number of carbonyl (C=O) groups excluding carboxylic acids is 1. The molecule has 1 aliphatic rings. The first-order valence-corrected chi connectivity index (χ1v) is 6.74. The Bertz CT molecular complexity index is 398. The van der Waals surface area contributed by atoms with Crippen molar-refractivity contribution in [3.05, 3.63) is 23.7 Å². The van der Waals surface area contributed by atoms with Crippen LogP contribution < -0.4 is 5.32 Å². The van der Waals surface area contributed by atoms with Gasteiger partial charge in [0, 0.05) is 13.2 Å². The lowest BCUT2D eigenvalue weighted by Gasteiger charge is -2.04. The maximum Gasteiger partial charge on any atom is 0.341 e. The Morgan fingerprint density at radius 1 is 1.53 bits per heavy atom. The Labute approximate surface area is 113 Å². The van der Waals surface area contributed by atoms with Crippen molar-refractivity contribution in [3.8, 4) is 0 Å². The molecule has 0 atom stereocenters. The minimum atomic E-state index is -0.372. The van der Waals surface area contributed by atoms with Gasteiger partial charge < -0.3 is 19.2 Å². The fraction of sp³-hybridized carbons (Fsp3) is 0.643. The van der Waals surface area contributed by atoms with Gasteiger partial charge in [0.15, 0.2) is 0 Å². The molecule has 0 unspecified atom stereocenters. The van der Waals surface area contributed by atoms with Crippen LogP contribution in [0.15, 0.2) is 16.7 Å². The summed E-state index contributed by atoms with van der Waals surface area (Å²) in [5, 5.41) is 3.25. The van der Waals surface area contributed by atoms with Crippen LogP contribution in [0.3, 0.4) is 0 Å². The van der Waals surface area contributed by atoms with Gasteiger partial charge >= 0.3 is 5.97 Å². The molecule has 1 saturated carbocycles. The summed E-state index contributed by atoms with van der Waals surface area (Å²) in [6.45, 7) is 3.20. The second-order valence-electron chi connectivity index (χ2n) is 4.84. The van der Waals surface area contributed by atoms with Crippen LogP contribution in [0.4, 0.5) is 0 Å². The van der Waals surface area contributed by atoms with Crippen molar-refractivity contribution in [2.45, 2.75) is 25.8 Å². The van der Waals surface area contributed by atoms with E-state index in [-0.39, 0.29) is 5.97 Å². The first kappa shape index (κ1) is 14.1. The van der Waals surface area contributed by atoms with Crippen molar-refractivity contribution >= 4 is 5.97 Å². The number of carbonyl (C=O) groups is 1. The van der Waals surface area contributed by atoms with Gasteiger partial charge in [-0.1, -0.05) is 0 Å². The molecule has 0 saturated heterocycles. The molecule has 1 aromatic rings. The van der Waals surface area contributed by atoms with E-state index in [2.05, 4.69) is 10.1 Å². The number of methoxy groups -OCH3 is 1. The Kier molecular flexibility index (Phi) is 5.42. The standard InChI is InChI=1S/C14H21NO4/c1-17-14(16)12-7-13(19-10-12)8-15-5-2-6-18-9-11-3-4-11/h7,10-11,15H,2-6,8-9H2,1H3. The SMILES string of the molecule is COC(=O)c1coc(CNCCCOCC2CC2)c1. The number of furan rings is 1. The highest BCUT2D eigenvalue weighted by Gasteiger charge is 2.20. The summed E-state index contributed by atoms with van der Waals surface area (Å²) in [4.78, 5) is 11.2. The fourth-order valence-electron chi connectivity index (χ4n) is 1.74. The molecule has 19 heavy (non-hydrogen) atoms. The number of hydrogen-bond acceptors (Lipinski definition) is 5. The second kappa shape index (κ2) is 7.31. The summed E-state index contributed by atoms with van der Waals surface area (Å²) in [7, 11) is 1.36. The molecule has 0 bridgehead atoms. The Balaban J connectivity index is 1.52. The van der Waals surface area contributed by atoms with Gasteiger partial charge in [-0.2, -0.15) is 0 Å². The molecule has 0 aromatic carbocycles. The van der Waals surface area contributed by atoms with Crippen molar-refractivity contribution in [1.29, 1.82) is 0 Å². The van der Waals surface area contributed by atoms with Crippen LogP contribution in [-0.2, 0) is 16.0 Å². The first-order valence-electron chi connectivity index (χ1n) is 6.74. The van der Waals surface area contributed by atoms with Gasteiger partial charge in [0.1, 0.15) is 12.0 Å². The molecule has 106 valence electrons. The Morgan fingerprint density at radius 2 is 2.37 bits per heavy atom. The monoisotopic (exact) mass is 267 g/mol. The van der Waals surface area contributed by atoms with Crippen molar-refractivity contribution in [2.75, 3.05) is 26.9 Å². The predicted molar refractivity (Wildman–Crippen MR) is 69.9 cm³/mol. The highest BCUT2D eigenvalue weighted by Crippen LogP contribution is 2.28. The van der Waals surface area contributed by atoms with Crippen molar-refractivity contribution in [1.82, 2.24) is 5.32 Å². The lowest BCUT2D eigenvalue weighted by atomic mass is 10.3. The zero-order chi connectivity index (χ0) is 13.5. The van der Waals surface area contributed by atoms with E-state index < -0.39 is 0 Å². The third kappa shape index (κ3) is 5.04. The molecule has 1 heterocycles. The highest BCUT2D eigenvalue weighted by molar-refractivity contribution is 5.88. The molecule has 5 nitrogen and oxygen atoms in total. The van der Waals surface area contributed by atoms with E-state index in [0.717, 1.165) is 37.9 Å². The van der Waals surface area contributed by atoms with Gasteiger partial charge in [-0.25, -0.2) is 4.79 Å². The van der Waals surface area contributed by atoms with E-state index in [4.69, 9.17) is 9.15 Å². The molecule has 1 aromatic heterocycles. The third-order valence-corrected chi connectivity index (χ3v) is 3.07. The van der Waals surface area contributed by atoms with E-state index in [1.165, 1.54) is 26.2 Å².